The Hall–Kier alpha value is -4.47. The summed E-state index contributed by atoms with van der Waals surface area (Å²) in [6, 6.07) is 16.8. The molecule has 1 aliphatic carbocycles. The molecule has 208 valence electrons. The van der Waals surface area contributed by atoms with Crippen LogP contribution in [0.3, 0.4) is 0 Å². The van der Waals surface area contributed by atoms with Gasteiger partial charge in [-0.2, -0.15) is 5.10 Å². The van der Waals surface area contributed by atoms with Gasteiger partial charge in [-0.3, -0.25) is 9.89 Å². The Bertz CT molecular complexity index is 1460. The van der Waals surface area contributed by atoms with Crippen LogP contribution in [0.25, 0.3) is 0 Å². The number of hydrogen-bond donors (Lipinski definition) is 4. The summed E-state index contributed by atoms with van der Waals surface area (Å²) in [5.41, 5.74) is 4.25. The molecular weight excluding hydrogens is 512 g/mol. The molecule has 5 rings (SSSR count). The van der Waals surface area contributed by atoms with Gasteiger partial charge in [0.05, 0.1) is 6.42 Å². The third kappa shape index (κ3) is 6.74. The molecule has 0 spiro atoms. The smallest absolute Gasteiger partial charge is 0.224 e. The molecule has 1 atom stereocenters. The molecule has 0 radical (unpaired) electrons. The zero-order valence-corrected chi connectivity index (χ0v) is 22.8. The molecule has 0 bridgehead atoms. The van der Waals surface area contributed by atoms with E-state index in [4.69, 9.17) is 0 Å². The summed E-state index contributed by atoms with van der Waals surface area (Å²) in [6.07, 6.45) is 2.43. The number of carbonyl (C=O) groups excluding carboxylic acids is 1. The van der Waals surface area contributed by atoms with Crippen LogP contribution < -0.4 is 20.9 Å². The Morgan fingerprint density at radius 2 is 1.77 bits per heavy atom. The highest BCUT2D eigenvalue weighted by atomic mass is 19.1. The van der Waals surface area contributed by atoms with Crippen LogP contribution in [0.15, 0.2) is 60.7 Å². The van der Waals surface area contributed by atoms with Gasteiger partial charge in [-0.15, -0.1) is 0 Å². The second-order valence-corrected chi connectivity index (χ2v) is 10.4. The number of amides is 1. The Morgan fingerprint density at radius 1 is 1.05 bits per heavy atom. The van der Waals surface area contributed by atoms with Crippen molar-refractivity contribution >= 4 is 29.0 Å². The molecule has 2 heterocycles. The quantitative estimate of drug-likeness (QED) is 0.190. The van der Waals surface area contributed by atoms with Gasteiger partial charge in [0, 0.05) is 55.6 Å². The van der Waals surface area contributed by atoms with Gasteiger partial charge in [0.25, 0.3) is 0 Å². The molecule has 1 unspecified atom stereocenters. The van der Waals surface area contributed by atoms with Crippen LogP contribution in [0.5, 0.6) is 0 Å². The van der Waals surface area contributed by atoms with Gasteiger partial charge in [-0.05, 0) is 61.2 Å². The largest absolute Gasteiger partial charge is 0.378 e. The predicted molar refractivity (Wildman–Crippen MR) is 153 cm³/mol. The maximum atomic E-state index is 15.2. The number of aromatic amines is 1. The van der Waals surface area contributed by atoms with Crippen LogP contribution in [0.4, 0.5) is 31.9 Å². The maximum absolute atomic E-state index is 15.2. The summed E-state index contributed by atoms with van der Waals surface area (Å²) < 4.78 is 28.7. The van der Waals surface area contributed by atoms with Gasteiger partial charge in [0.1, 0.15) is 11.6 Å². The highest BCUT2D eigenvalue weighted by molar-refractivity contribution is 5.79. The molecule has 4 N–H and O–H groups in total. The second kappa shape index (κ2) is 11.7. The van der Waals surface area contributed by atoms with E-state index in [0.717, 1.165) is 35.3 Å². The molecule has 2 aromatic carbocycles. The standard InChI is InChI=1S/C30H33F2N7O/c1-18(20-8-10-23(31)11-9-20)34-29-22(17-33-28(40)14-19-4-12-24(13-5-19)39(2)3)15-25(32)30(36-29)35-27-16-26(37-38-27)21-6-7-21/h4-5,8-13,15-16,18,21H,6-7,14,17H2,1-3H3,(H,33,40)(H3,34,35,36,37,38). The number of halogens is 2. The summed E-state index contributed by atoms with van der Waals surface area (Å²) >= 11 is 0. The molecule has 40 heavy (non-hydrogen) atoms. The normalized spacial score (nSPS) is 13.5. The zero-order valence-electron chi connectivity index (χ0n) is 22.8. The first kappa shape index (κ1) is 27.1. The van der Waals surface area contributed by atoms with Crippen molar-refractivity contribution < 1.29 is 13.6 Å². The van der Waals surface area contributed by atoms with Gasteiger partial charge < -0.3 is 20.9 Å². The lowest BCUT2D eigenvalue weighted by Gasteiger charge is -2.19. The zero-order chi connectivity index (χ0) is 28.2. The fourth-order valence-corrected chi connectivity index (χ4v) is 4.39. The van der Waals surface area contributed by atoms with Crippen molar-refractivity contribution in [2.45, 2.75) is 44.7 Å². The van der Waals surface area contributed by atoms with Crippen molar-refractivity contribution in [3.8, 4) is 0 Å². The Morgan fingerprint density at radius 3 is 2.45 bits per heavy atom. The van der Waals surface area contributed by atoms with Crippen molar-refractivity contribution in [2.24, 2.45) is 0 Å². The van der Waals surface area contributed by atoms with Gasteiger partial charge >= 0.3 is 0 Å². The SMILES string of the molecule is CC(Nc1nc(Nc2cc(C3CC3)[nH]n2)c(F)cc1CNC(=O)Cc1ccc(N(C)C)cc1)c1ccc(F)cc1. The minimum atomic E-state index is -0.570. The molecule has 2 aromatic heterocycles. The molecule has 1 saturated carbocycles. The van der Waals surface area contributed by atoms with Crippen molar-refractivity contribution in [3.05, 3.63) is 94.7 Å². The first-order valence-electron chi connectivity index (χ1n) is 13.3. The van der Waals surface area contributed by atoms with E-state index in [0.29, 0.717) is 23.1 Å². The number of H-pyrrole nitrogens is 1. The first-order valence-corrected chi connectivity index (χ1v) is 13.3. The predicted octanol–water partition coefficient (Wildman–Crippen LogP) is 5.80. The Labute approximate surface area is 232 Å². The fourth-order valence-electron chi connectivity index (χ4n) is 4.39. The Balaban J connectivity index is 1.33. The summed E-state index contributed by atoms with van der Waals surface area (Å²) in [5, 5.41) is 16.4. The summed E-state index contributed by atoms with van der Waals surface area (Å²) in [4.78, 5) is 19.2. The van der Waals surface area contributed by atoms with Gasteiger partial charge in [-0.25, -0.2) is 13.8 Å². The monoisotopic (exact) mass is 545 g/mol. The number of carbonyl (C=O) groups is 1. The van der Waals surface area contributed by atoms with Crippen LogP contribution in [0.2, 0.25) is 0 Å². The van der Waals surface area contributed by atoms with Crippen LogP contribution in [0.1, 0.15) is 54.1 Å². The topological polar surface area (TPSA) is 98.0 Å². The Kier molecular flexibility index (Phi) is 7.95. The first-order chi connectivity index (χ1) is 19.2. The van der Waals surface area contributed by atoms with Crippen molar-refractivity contribution in [1.29, 1.82) is 0 Å². The number of benzene rings is 2. The van der Waals surface area contributed by atoms with Crippen LogP contribution in [-0.4, -0.2) is 35.2 Å². The third-order valence-electron chi connectivity index (χ3n) is 6.93. The molecule has 0 aliphatic heterocycles. The summed E-state index contributed by atoms with van der Waals surface area (Å²) in [5.74, 6) is 0.278. The molecular formula is C30H33F2N7O. The molecule has 1 fully saturated rings. The average molecular weight is 546 g/mol. The number of pyridine rings is 1. The van der Waals surface area contributed by atoms with Crippen LogP contribution in [0, 0.1) is 11.6 Å². The number of anilines is 4. The third-order valence-corrected chi connectivity index (χ3v) is 6.93. The van der Waals surface area contributed by atoms with E-state index < -0.39 is 5.82 Å². The lowest BCUT2D eigenvalue weighted by atomic mass is 10.1. The van der Waals surface area contributed by atoms with Crippen molar-refractivity contribution in [3.63, 3.8) is 0 Å². The molecule has 4 aromatic rings. The fraction of sp³-hybridized carbons (Fsp3) is 0.300. The van der Waals surface area contributed by atoms with Crippen LogP contribution in [-0.2, 0) is 17.8 Å². The minimum absolute atomic E-state index is 0.0127. The van der Waals surface area contributed by atoms with Gasteiger partial charge in [0.15, 0.2) is 17.5 Å². The number of rotatable bonds is 11. The van der Waals surface area contributed by atoms with Gasteiger partial charge in [0.2, 0.25) is 5.91 Å². The number of aromatic nitrogens is 3. The lowest BCUT2D eigenvalue weighted by molar-refractivity contribution is -0.120. The van der Waals surface area contributed by atoms with E-state index in [9.17, 15) is 9.18 Å². The number of nitrogens with one attached hydrogen (secondary N) is 4. The highest BCUT2D eigenvalue weighted by Gasteiger charge is 2.26. The molecule has 0 saturated heterocycles. The van der Waals surface area contributed by atoms with Gasteiger partial charge in [-0.1, -0.05) is 24.3 Å². The highest BCUT2D eigenvalue weighted by Crippen LogP contribution is 2.39. The van der Waals surface area contributed by atoms with E-state index in [1.165, 1.54) is 18.2 Å². The second-order valence-electron chi connectivity index (χ2n) is 10.4. The maximum Gasteiger partial charge on any atom is 0.224 e. The van der Waals surface area contributed by atoms with Crippen LogP contribution >= 0.6 is 0 Å². The summed E-state index contributed by atoms with van der Waals surface area (Å²) in [6.45, 7) is 1.98. The number of nitrogens with zero attached hydrogens (tertiary/aromatic N) is 3. The average Bonchev–Trinajstić information content (AvgIpc) is 3.68. The van der Waals surface area contributed by atoms with E-state index >= 15 is 4.39 Å². The lowest BCUT2D eigenvalue weighted by Crippen LogP contribution is -2.25. The summed E-state index contributed by atoms with van der Waals surface area (Å²) in [7, 11) is 3.91. The molecule has 10 heteroatoms. The van der Waals surface area contributed by atoms with E-state index in [2.05, 4.69) is 31.1 Å². The van der Waals surface area contributed by atoms with E-state index in [-0.39, 0.29) is 36.5 Å². The van der Waals surface area contributed by atoms with E-state index in [1.807, 2.05) is 56.3 Å². The van der Waals surface area contributed by atoms with E-state index in [1.54, 1.807) is 12.1 Å². The molecule has 1 amide bonds. The number of hydrogen-bond acceptors (Lipinski definition) is 6. The molecule has 8 nitrogen and oxygen atoms in total. The van der Waals surface area contributed by atoms with Crippen molar-refractivity contribution in [2.75, 3.05) is 29.6 Å². The molecule has 1 aliphatic rings. The van der Waals surface area contributed by atoms with Crippen molar-refractivity contribution in [1.82, 2.24) is 20.5 Å². The minimum Gasteiger partial charge on any atom is -0.378 e.